The van der Waals surface area contributed by atoms with Gasteiger partial charge in [-0.2, -0.15) is 5.10 Å². The summed E-state index contributed by atoms with van der Waals surface area (Å²) in [5.74, 6) is 0.0954. The van der Waals surface area contributed by atoms with E-state index >= 15 is 0 Å². The van der Waals surface area contributed by atoms with Gasteiger partial charge in [0.2, 0.25) is 0 Å². The molecule has 0 radical (unpaired) electrons. The van der Waals surface area contributed by atoms with Gasteiger partial charge in [-0.3, -0.25) is 10.1 Å². The van der Waals surface area contributed by atoms with E-state index in [2.05, 4.69) is 20.2 Å². The number of hydrogen-bond donors (Lipinski definition) is 2. The number of nitrogens with zero attached hydrogens (tertiary/aromatic N) is 6. The number of amidine groups is 1. The second-order valence-electron chi connectivity index (χ2n) is 3.15. The van der Waals surface area contributed by atoms with Crippen LogP contribution in [0.3, 0.4) is 0 Å². The predicted molar refractivity (Wildman–Crippen MR) is 58.3 cm³/mol. The fourth-order valence-corrected chi connectivity index (χ4v) is 1.16. The van der Waals surface area contributed by atoms with Gasteiger partial charge in [-0.15, -0.1) is 0 Å². The summed E-state index contributed by atoms with van der Waals surface area (Å²) in [5, 5.41) is 25.5. The standard InChI is InChI=1S/C8H7N7O3/c9-8(13-16)6-2-11-7(3-10-6)14-4-5(1-12-14)15(17)18/h1-4,16H,(H2,9,13). The number of nitro groups is 1. The Morgan fingerprint density at radius 1 is 1.44 bits per heavy atom. The van der Waals surface area contributed by atoms with Crippen LogP contribution in [0.5, 0.6) is 0 Å². The summed E-state index contributed by atoms with van der Waals surface area (Å²) < 4.78 is 1.20. The van der Waals surface area contributed by atoms with E-state index in [1.807, 2.05) is 0 Å². The molecule has 10 nitrogen and oxygen atoms in total. The second-order valence-corrected chi connectivity index (χ2v) is 3.15. The number of hydrogen-bond acceptors (Lipinski definition) is 7. The van der Waals surface area contributed by atoms with Crippen molar-refractivity contribution >= 4 is 11.5 Å². The highest BCUT2D eigenvalue weighted by Gasteiger charge is 2.11. The Kier molecular flexibility index (Phi) is 2.83. The Labute approximate surface area is 99.5 Å². The average Bonchev–Trinajstić information content (AvgIpc) is 2.88. The molecule has 2 aromatic heterocycles. The zero-order valence-corrected chi connectivity index (χ0v) is 8.83. The van der Waals surface area contributed by atoms with Crippen LogP contribution in [0.15, 0.2) is 29.9 Å². The molecule has 0 aliphatic rings. The largest absolute Gasteiger partial charge is 0.409 e. The van der Waals surface area contributed by atoms with Crippen molar-refractivity contribution in [1.82, 2.24) is 19.7 Å². The predicted octanol–water partition coefficient (Wildman–Crippen LogP) is -0.335. The normalized spacial score (nSPS) is 11.4. The van der Waals surface area contributed by atoms with Crippen molar-refractivity contribution in [1.29, 1.82) is 0 Å². The number of aromatic nitrogens is 4. The lowest BCUT2D eigenvalue weighted by molar-refractivity contribution is -0.384. The first kappa shape index (κ1) is 11.4. The van der Waals surface area contributed by atoms with Crippen LogP contribution in [0.4, 0.5) is 5.69 Å². The van der Waals surface area contributed by atoms with E-state index in [1.54, 1.807) is 0 Å². The van der Waals surface area contributed by atoms with Crippen molar-refractivity contribution in [2.75, 3.05) is 0 Å². The molecule has 0 amide bonds. The van der Waals surface area contributed by atoms with Crippen molar-refractivity contribution in [3.63, 3.8) is 0 Å². The summed E-state index contributed by atoms with van der Waals surface area (Å²) >= 11 is 0. The molecule has 0 spiro atoms. The SMILES string of the molecule is N/C(=N/O)c1cnc(-n2cc([N+](=O)[O-])cn2)cn1. The number of oxime groups is 1. The van der Waals surface area contributed by atoms with Crippen LogP contribution < -0.4 is 5.73 Å². The molecule has 2 heterocycles. The molecule has 2 rings (SSSR count). The van der Waals surface area contributed by atoms with E-state index in [4.69, 9.17) is 10.9 Å². The minimum absolute atomic E-state index is 0.155. The summed E-state index contributed by atoms with van der Waals surface area (Å²) in [7, 11) is 0. The molecule has 0 aromatic carbocycles. The van der Waals surface area contributed by atoms with Gasteiger partial charge in [-0.1, -0.05) is 5.16 Å². The van der Waals surface area contributed by atoms with Gasteiger partial charge in [-0.25, -0.2) is 14.6 Å². The molecule has 18 heavy (non-hydrogen) atoms. The van der Waals surface area contributed by atoms with Gasteiger partial charge in [-0.05, 0) is 0 Å². The third kappa shape index (κ3) is 2.07. The highest BCUT2D eigenvalue weighted by atomic mass is 16.6. The second kappa shape index (κ2) is 4.45. The molecule has 0 saturated carbocycles. The van der Waals surface area contributed by atoms with Gasteiger partial charge in [0.15, 0.2) is 11.7 Å². The highest BCUT2D eigenvalue weighted by Crippen LogP contribution is 2.11. The number of nitrogens with two attached hydrogens (primary N) is 1. The van der Waals surface area contributed by atoms with Crippen molar-refractivity contribution in [2.24, 2.45) is 10.9 Å². The van der Waals surface area contributed by atoms with E-state index in [-0.39, 0.29) is 23.0 Å². The third-order valence-corrected chi connectivity index (χ3v) is 2.02. The van der Waals surface area contributed by atoms with Gasteiger partial charge in [0.1, 0.15) is 18.1 Å². The summed E-state index contributed by atoms with van der Waals surface area (Å²) in [5.41, 5.74) is 5.34. The topological polar surface area (TPSA) is 145 Å². The Morgan fingerprint density at radius 3 is 2.72 bits per heavy atom. The molecule has 92 valence electrons. The molecule has 0 saturated heterocycles. The first-order valence-corrected chi connectivity index (χ1v) is 4.61. The molecular formula is C8H7N7O3. The summed E-state index contributed by atoms with van der Waals surface area (Å²) in [4.78, 5) is 17.7. The van der Waals surface area contributed by atoms with Crippen LogP contribution >= 0.6 is 0 Å². The molecule has 2 aromatic rings. The molecule has 10 heteroatoms. The molecular weight excluding hydrogens is 242 g/mol. The van der Waals surface area contributed by atoms with Crippen LogP contribution in [-0.4, -0.2) is 35.7 Å². The molecule has 0 fully saturated rings. The van der Waals surface area contributed by atoms with E-state index in [9.17, 15) is 10.1 Å². The van der Waals surface area contributed by atoms with E-state index in [0.29, 0.717) is 0 Å². The lowest BCUT2D eigenvalue weighted by Crippen LogP contribution is -2.15. The zero-order chi connectivity index (χ0) is 13.1. The first-order chi connectivity index (χ1) is 8.61. The van der Waals surface area contributed by atoms with Crippen LogP contribution in [0.1, 0.15) is 5.69 Å². The summed E-state index contributed by atoms with van der Waals surface area (Å²) in [6.45, 7) is 0. The minimum Gasteiger partial charge on any atom is -0.409 e. The molecule has 3 N–H and O–H groups in total. The maximum absolute atomic E-state index is 10.5. The molecule has 0 bridgehead atoms. The van der Waals surface area contributed by atoms with Crippen molar-refractivity contribution < 1.29 is 10.1 Å². The van der Waals surface area contributed by atoms with E-state index < -0.39 is 4.92 Å². The van der Waals surface area contributed by atoms with Crippen LogP contribution in [0.25, 0.3) is 5.82 Å². The average molecular weight is 249 g/mol. The fourth-order valence-electron chi connectivity index (χ4n) is 1.16. The lowest BCUT2D eigenvalue weighted by Gasteiger charge is -2.00. The lowest BCUT2D eigenvalue weighted by atomic mass is 10.4. The summed E-state index contributed by atoms with van der Waals surface area (Å²) in [6.07, 6.45) is 4.86. The minimum atomic E-state index is -0.568. The van der Waals surface area contributed by atoms with E-state index in [0.717, 1.165) is 6.20 Å². The van der Waals surface area contributed by atoms with Crippen molar-refractivity contribution in [2.45, 2.75) is 0 Å². The van der Waals surface area contributed by atoms with Crippen LogP contribution in [0, 0.1) is 10.1 Å². The van der Waals surface area contributed by atoms with Crippen molar-refractivity contribution in [3.8, 4) is 5.82 Å². The maximum Gasteiger partial charge on any atom is 0.307 e. The van der Waals surface area contributed by atoms with Gasteiger partial charge in [0, 0.05) is 0 Å². The van der Waals surface area contributed by atoms with Gasteiger partial charge >= 0.3 is 5.69 Å². The van der Waals surface area contributed by atoms with E-state index in [1.165, 1.54) is 23.3 Å². The Bertz CT molecular complexity index is 603. The summed E-state index contributed by atoms with van der Waals surface area (Å²) in [6, 6.07) is 0. The van der Waals surface area contributed by atoms with Crippen LogP contribution in [-0.2, 0) is 0 Å². The smallest absolute Gasteiger partial charge is 0.307 e. The monoisotopic (exact) mass is 249 g/mol. The molecule has 0 unspecified atom stereocenters. The Balaban J connectivity index is 2.31. The van der Waals surface area contributed by atoms with Gasteiger partial charge in [0.05, 0.1) is 17.3 Å². The first-order valence-electron chi connectivity index (χ1n) is 4.61. The van der Waals surface area contributed by atoms with Gasteiger partial charge < -0.3 is 10.9 Å². The van der Waals surface area contributed by atoms with Crippen LogP contribution in [0.2, 0.25) is 0 Å². The zero-order valence-electron chi connectivity index (χ0n) is 8.83. The Hall–Kier alpha value is -3.04. The molecule has 0 atom stereocenters. The molecule has 0 aliphatic heterocycles. The molecule has 0 aliphatic carbocycles. The number of rotatable bonds is 3. The quantitative estimate of drug-likeness (QED) is 0.249. The van der Waals surface area contributed by atoms with Crippen molar-refractivity contribution in [3.05, 3.63) is 40.6 Å². The Morgan fingerprint density at radius 2 is 2.22 bits per heavy atom. The fraction of sp³-hybridized carbons (Fsp3) is 0. The maximum atomic E-state index is 10.5. The highest BCUT2D eigenvalue weighted by molar-refractivity contribution is 5.94. The van der Waals surface area contributed by atoms with Gasteiger partial charge in [0.25, 0.3) is 0 Å². The third-order valence-electron chi connectivity index (χ3n) is 2.02.